The van der Waals surface area contributed by atoms with Gasteiger partial charge in [0, 0.05) is 18.6 Å². The van der Waals surface area contributed by atoms with Crippen LogP contribution in [-0.4, -0.2) is 40.6 Å². The number of likely N-dealkylation sites (tertiary alicyclic amines) is 1. The molecule has 1 amide bonds. The third kappa shape index (κ3) is 3.86. The van der Waals surface area contributed by atoms with Crippen molar-refractivity contribution in [1.82, 2.24) is 4.90 Å². The van der Waals surface area contributed by atoms with E-state index in [1.807, 2.05) is 18.7 Å². The summed E-state index contributed by atoms with van der Waals surface area (Å²) in [4.78, 5) is 14.6. The van der Waals surface area contributed by atoms with Gasteiger partial charge < -0.3 is 15.7 Å². The number of hydrogen-bond acceptors (Lipinski definition) is 3. The normalized spacial score (nSPS) is 33.4. The monoisotopic (exact) mass is 304 g/mol. The molecule has 0 radical (unpaired) electrons. The highest BCUT2D eigenvalue weighted by Gasteiger charge is 2.40. The largest absolute Gasteiger partial charge is 0.393 e. The third-order valence-corrected chi connectivity index (χ3v) is 5.09. The first kappa shape index (κ1) is 17.7. The van der Waals surface area contributed by atoms with E-state index in [9.17, 15) is 9.90 Å². The quantitative estimate of drug-likeness (QED) is 0.819. The fourth-order valence-electron chi connectivity index (χ4n) is 3.59. The van der Waals surface area contributed by atoms with Crippen LogP contribution in [0.15, 0.2) is 0 Å². The Hall–Kier alpha value is -0.320. The van der Waals surface area contributed by atoms with Crippen molar-refractivity contribution >= 4 is 18.3 Å². The van der Waals surface area contributed by atoms with Crippen LogP contribution in [0.3, 0.4) is 0 Å². The van der Waals surface area contributed by atoms with E-state index in [1.54, 1.807) is 0 Å². The van der Waals surface area contributed by atoms with Crippen LogP contribution >= 0.6 is 12.4 Å². The second-order valence-electron chi connectivity index (χ2n) is 6.71. The Morgan fingerprint density at radius 1 is 1.30 bits per heavy atom. The minimum atomic E-state index is -0.337. The maximum Gasteiger partial charge on any atom is 0.227 e. The van der Waals surface area contributed by atoms with E-state index in [0.717, 1.165) is 51.6 Å². The molecule has 5 heteroatoms. The van der Waals surface area contributed by atoms with Gasteiger partial charge in [-0.15, -0.1) is 12.4 Å². The highest BCUT2D eigenvalue weighted by molar-refractivity contribution is 5.85. The number of halogens is 1. The van der Waals surface area contributed by atoms with E-state index < -0.39 is 0 Å². The zero-order valence-corrected chi connectivity index (χ0v) is 13.5. The molecule has 0 bridgehead atoms. The molecule has 3 N–H and O–H groups in total. The zero-order chi connectivity index (χ0) is 14.0. The van der Waals surface area contributed by atoms with Gasteiger partial charge in [-0.1, -0.05) is 12.8 Å². The number of piperidine rings is 1. The fourth-order valence-corrected chi connectivity index (χ4v) is 3.59. The number of hydrogen-bond donors (Lipinski definition) is 2. The highest BCUT2D eigenvalue weighted by atomic mass is 35.5. The Bertz CT molecular complexity index is 326. The molecule has 0 spiro atoms. The molecule has 20 heavy (non-hydrogen) atoms. The van der Waals surface area contributed by atoms with E-state index >= 15 is 0 Å². The summed E-state index contributed by atoms with van der Waals surface area (Å²) in [5, 5.41) is 9.61. The van der Waals surface area contributed by atoms with E-state index in [2.05, 4.69) is 0 Å². The van der Waals surface area contributed by atoms with Gasteiger partial charge in [0.25, 0.3) is 0 Å². The van der Waals surface area contributed by atoms with Crippen LogP contribution in [0.2, 0.25) is 0 Å². The van der Waals surface area contributed by atoms with E-state index in [0.29, 0.717) is 5.92 Å². The molecule has 2 rings (SSSR count). The predicted molar refractivity (Wildman–Crippen MR) is 82.8 cm³/mol. The van der Waals surface area contributed by atoms with Crippen molar-refractivity contribution in [2.75, 3.05) is 13.1 Å². The molecular weight excluding hydrogens is 276 g/mol. The highest BCUT2D eigenvalue weighted by Crippen LogP contribution is 2.34. The summed E-state index contributed by atoms with van der Waals surface area (Å²) in [6, 6.07) is 0. The minimum Gasteiger partial charge on any atom is -0.393 e. The average molecular weight is 305 g/mol. The molecule has 1 aliphatic heterocycles. The Labute approximate surface area is 128 Å². The summed E-state index contributed by atoms with van der Waals surface area (Å²) in [5.41, 5.74) is 5.98. The van der Waals surface area contributed by atoms with E-state index in [1.165, 1.54) is 0 Å². The maximum absolute atomic E-state index is 12.6. The van der Waals surface area contributed by atoms with Gasteiger partial charge >= 0.3 is 0 Å². The van der Waals surface area contributed by atoms with Gasteiger partial charge in [0.15, 0.2) is 0 Å². The lowest BCUT2D eigenvalue weighted by Gasteiger charge is -2.42. The number of amides is 1. The SMILES string of the molecule is CC(O)C1CCN(C(=O)C2CCCCC2(C)N)CC1.Cl. The van der Waals surface area contributed by atoms with Gasteiger partial charge in [-0.2, -0.15) is 0 Å². The van der Waals surface area contributed by atoms with Crippen molar-refractivity contribution in [3.05, 3.63) is 0 Å². The molecule has 0 aromatic heterocycles. The smallest absolute Gasteiger partial charge is 0.227 e. The van der Waals surface area contributed by atoms with Gasteiger partial charge in [-0.05, 0) is 45.4 Å². The van der Waals surface area contributed by atoms with Gasteiger partial charge in [0.2, 0.25) is 5.91 Å². The molecule has 1 aliphatic carbocycles. The molecule has 4 nitrogen and oxygen atoms in total. The van der Waals surface area contributed by atoms with Crippen molar-refractivity contribution in [1.29, 1.82) is 0 Å². The van der Waals surface area contributed by atoms with Crippen LogP contribution in [0, 0.1) is 11.8 Å². The van der Waals surface area contributed by atoms with Crippen LogP contribution in [0.5, 0.6) is 0 Å². The molecule has 3 atom stereocenters. The topological polar surface area (TPSA) is 66.6 Å². The summed E-state index contributed by atoms with van der Waals surface area (Å²) in [6.45, 7) is 5.43. The first-order valence-electron chi connectivity index (χ1n) is 7.67. The minimum absolute atomic E-state index is 0. The lowest BCUT2D eigenvalue weighted by molar-refractivity contribution is -0.140. The second-order valence-corrected chi connectivity index (χ2v) is 6.71. The Morgan fingerprint density at radius 2 is 1.90 bits per heavy atom. The molecule has 2 fully saturated rings. The summed E-state index contributed by atoms with van der Waals surface area (Å²) in [6.07, 6.45) is 5.71. The first-order chi connectivity index (χ1) is 8.92. The standard InChI is InChI=1S/C15H28N2O2.ClH/c1-11(18)12-6-9-17(10-7-12)14(19)13-5-3-4-8-15(13,2)16;/h11-13,18H,3-10,16H2,1-2H3;1H. The number of nitrogens with two attached hydrogens (primary N) is 1. The molecule has 2 aliphatic rings. The lowest BCUT2D eigenvalue weighted by atomic mass is 9.73. The van der Waals surface area contributed by atoms with Crippen LogP contribution < -0.4 is 5.73 Å². The number of rotatable bonds is 2. The average Bonchev–Trinajstić information content (AvgIpc) is 2.37. The van der Waals surface area contributed by atoms with E-state index in [-0.39, 0.29) is 35.9 Å². The molecule has 1 saturated heterocycles. The predicted octanol–water partition coefficient (Wildman–Crippen LogP) is 1.94. The summed E-state index contributed by atoms with van der Waals surface area (Å²) in [7, 11) is 0. The number of aliphatic hydroxyl groups excluding tert-OH is 1. The summed E-state index contributed by atoms with van der Waals surface area (Å²) in [5.74, 6) is 0.581. The van der Waals surface area contributed by atoms with Gasteiger partial charge in [-0.25, -0.2) is 0 Å². The Balaban J connectivity index is 0.00000200. The van der Waals surface area contributed by atoms with Crippen LogP contribution in [0.25, 0.3) is 0 Å². The third-order valence-electron chi connectivity index (χ3n) is 5.09. The Morgan fingerprint density at radius 3 is 2.40 bits per heavy atom. The fraction of sp³-hybridized carbons (Fsp3) is 0.933. The van der Waals surface area contributed by atoms with Crippen molar-refractivity contribution in [2.24, 2.45) is 17.6 Å². The molecule has 1 saturated carbocycles. The lowest BCUT2D eigenvalue weighted by Crippen LogP contribution is -2.55. The van der Waals surface area contributed by atoms with Crippen LogP contribution in [0.4, 0.5) is 0 Å². The molecule has 0 aromatic carbocycles. The number of carbonyl (C=O) groups is 1. The van der Waals surface area contributed by atoms with Crippen LogP contribution in [0.1, 0.15) is 52.4 Å². The molecule has 3 unspecified atom stereocenters. The van der Waals surface area contributed by atoms with Crippen molar-refractivity contribution in [3.8, 4) is 0 Å². The van der Waals surface area contributed by atoms with Gasteiger partial charge in [0.05, 0.1) is 12.0 Å². The number of aliphatic hydroxyl groups is 1. The second kappa shape index (κ2) is 7.10. The summed E-state index contributed by atoms with van der Waals surface area (Å²) >= 11 is 0. The summed E-state index contributed by atoms with van der Waals surface area (Å²) < 4.78 is 0. The van der Waals surface area contributed by atoms with E-state index in [4.69, 9.17) is 5.73 Å². The molecule has 118 valence electrons. The maximum atomic E-state index is 12.6. The first-order valence-corrected chi connectivity index (χ1v) is 7.67. The molecular formula is C15H29ClN2O2. The van der Waals surface area contributed by atoms with Crippen molar-refractivity contribution < 1.29 is 9.90 Å². The van der Waals surface area contributed by atoms with Crippen LogP contribution in [-0.2, 0) is 4.79 Å². The zero-order valence-electron chi connectivity index (χ0n) is 12.7. The molecule has 0 aromatic rings. The molecule has 1 heterocycles. The number of carbonyl (C=O) groups excluding carboxylic acids is 1. The number of nitrogens with zero attached hydrogens (tertiary/aromatic N) is 1. The van der Waals surface area contributed by atoms with Gasteiger partial charge in [0.1, 0.15) is 0 Å². The Kier molecular flexibility index (Phi) is 6.29. The van der Waals surface area contributed by atoms with Gasteiger partial charge in [-0.3, -0.25) is 4.79 Å². The van der Waals surface area contributed by atoms with Crippen molar-refractivity contribution in [2.45, 2.75) is 64.0 Å². The van der Waals surface area contributed by atoms with Crippen molar-refractivity contribution in [3.63, 3.8) is 0 Å².